The molecule has 1 heterocycles. The van der Waals surface area contributed by atoms with E-state index in [0.717, 1.165) is 12.1 Å². The summed E-state index contributed by atoms with van der Waals surface area (Å²) in [7, 11) is -3.34. The number of nitrogens with two attached hydrogens (primary N) is 1. The van der Waals surface area contributed by atoms with Crippen LogP contribution in [0, 0.1) is 6.92 Å². The topological polar surface area (TPSA) is 90.0 Å². The molecule has 0 aliphatic heterocycles. The summed E-state index contributed by atoms with van der Waals surface area (Å²) in [6.07, 6.45) is 4.32. The van der Waals surface area contributed by atoms with Crippen LogP contribution in [0.25, 0.3) is 0 Å². The van der Waals surface area contributed by atoms with Gasteiger partial charge in [0.25, 0.3) is 0 Å². The summed E-state index contributed by atoms with van der Waals surface area (Å²) >= 11 is 0. The Morgan fingerprint density at radius 3 is 2.82 bits per heavy atom. The van der Waals surface area contributed by atoms with Crippen LogP contribution >= 0.6 is 0 Å². The van der Waals surface area contributed by atoms with Crippen molar-refractivity contribution in [3.05, 3.63) is 18.0 Å². The molecule has 6 nitrogen and oxygen atoms in total. The highest BCUT2D eigenvalue weighted by Gasteiger charge is 2.05. The first-order valence-corrected chi connectivity index (χ1v) is 7.31. The Labute approximate surface area is 102 Å². The number of hydrogen-bond donors (Lipinski definition) is 2. The van der Waals surface area contributed by atoms with E-state index < -0.39 is 10.0 Å². The molecule has 17 heavy (non-hydrogen) atoms. The van der Waals surface area contributed by atoms with Gasteiger partial charge in [0, 0.05) is 12.2 Å². The molecule has 0 radical (unpaired) electrons. The maximum atomic E-state index is 10.7. The van der Waals surface area contributed by atoms with Crippen LogP contribution < -0.4 is 10.5 Å². The molecule has 0 spiro atoms. The third-order valence-electron chi connectivity index (χ3n) is 2.32. The van der Waals surface area contributed by atoms with Crippen molar-refractivity contribution in [1.82, 2.24) is 15.1 Å². The van der Waals surface area contributed by atoms with Crippen molar-refractivity contribution in [1.29, 1.82) is 0 Å². The van der Waals surface area contributed by atoms with Crippen molar-refractivity contribution >= 4 is 10.0 Å². The van der Waals surface area contributed by atoms with Crippen LogP contribution in [0.5, 0.6) is 0 Å². The molecular weight excluding hydrogens is 240 g/mol. The van der Waals surface area contributed by atoms with Gasteiger partial charge in [0.15, 0.2) is 0 Å². The minimum absolute atomic E-state index is 0.0214. The largest absolute Gasteiger partial charge is 0.312 e. The van der Waals surface area contributed by atoms with E-state index in [1.54, 1.807) is 0 Å². The molecule has 1 aromatic heterocycles. The second kappa shape index (κ2) is 6.13. The fourth-order valence-corrected chi connectivity index (χ4v) is 2.08. The minimum Gasteiger partial charge on any atom is -0.312 e. The molecule has 0 fully saturated rings. The summed E-state index contributed by atoms with van der Waals surface area (Å²) in [6.45, 7) is 5.43. The molecule has 1 atom stereocenters. The lowest BCUT2D eigenvalue weighted by Crippen LogP contribution is -2.32. The highest BCUT2D eigenvalue weighted by molar-refractivity contribution is 7.89. The maximum Gasteiger partial charge on any atom is 0.209 e. The zero-order chi connectivity index (χ0) is 12.9. The van der Waals surface area contributed by atoms with Crippen molar-refractivity contribution in [2.75, 3.05) is 12.3 Å². The lowest BCUT2D eigenvalue weighted by molar-refractivity contribution is 0.451. The van der Waals surface area contributed by atoms with Crippen molar-refractivity contribution in [2.24, 2.45) is 5.14 Å². The minimum atomic E-state index is -3.34. The van der Waals surface area contributed by atoms with Gasteiger partial charge in [0.1, 0.15) is 0 Å². The number of nitrogens with one attached hydrogen (secondary N) is 1. The van der Waals surface area contributed by atoms with Crippen molar-refractivity contribution in [2.45, 2.75) is 32.9 Å². The summed E-state index contributed by atoms with van der Waals surface area (Å²) in [5.74, 6) is 0.0214. The average molecular weight is 260 g/mol. The molecule has 0 aliphatic rings. The molecule has 0 saturated heterocycles. The third-order valence-corrected chi connectivity index (χ3v) is 3.18. The quantitative estimate of drug-likeness (QED) is 0.667. The standard InChI is InChI=1S/C10H20N4O2S/c1-9-6-13-14(7-9)8-10(2)12-4-3-5-17(11,15)16/h6-7,10,12H,3-5,8H2,1-2H3,(H2,11,15,16)/t10-/m0/s1. The van der Waals surface area contributed by atoms with Gasteiger partial charge < -0.3 is 5.32 Å². The van der Waals surface area contributed by atoms with Crippen LogP contribution in [0.3, 0.4) is 0 Å². The number of primary sulfonamides is 1. The van der Waals surface area contributed by atoms with Gasteiger partial charge in [-0.25, -0.2) is 13.6 Å². The summed E-state index contributed by atoms with van der Waals surface area (Å²) < 4.78 is 23.3. The Morgan fingerprint density at radius 2 is 2.29 bits per heavy atom. The van der Waals surface area contributed by atoms with E-state index in [4.69, 9.17) is 5.14 Å². The van der Waals surface area contributed by atoms with E-state index >= 15 is 0 Å². The zero-order valence-corrected chi connectivity index (χ0v) is 11.1. The fraction of sp³-hybridized carbons (Fsp3) is 0.700. The summed E-state index contributed by atoms with van der Waals surface area (Å²) in [6, 6.07) is 0.245. The molecule has 7 heteroatoms. The lowest BCUT2D eigenvalue weighted by atomic mass is 10.3. The van der Waals surface area contributed by atoms with Gasteiger partial charge >= 0.3 is 0 Å². The van der Waals surface area contributed by atoms with Gasteiger partial charge in [0.05, 0.1) is 18.5 Å². The normalized spacial score (nSPS) is 13.8. The molecular formula is C10H20N4O2S. The van der Waals surface area contributed by atoms with Crippen LogP contribution in [0.15, 0.2) is 12.4 Å². The van der Waals surface area contributed by atoms with Gasteiger partial charge in [-0.2, -0.15) is 5.10 Å². The Bertz CT molecular complexity index is 441. The number of aryl methyl sites for hydroxylation is 1. The van der Waals surface area contributed by atoms with Gasteiger partial charge in [-0.05, 0) is 32.4 Å². The summed E-state index contributed by atoms with van der Waals surface area (Å²) in [5.41, 5.74) is 1.13. The Morgan fingerprint density at radius 1 is 1.59 bits per heavy atom. The third kappa shape index (κ3) is 6.40. The SMILES string of the molecule is Cc1cnn(C[C@H](C)NCCCS(N)(=O)=O)c1. The van der Waals surface area contributed by atoms with Crippen LogP contribution in [0.2, 0.25) is 0 Å². The Kier molecular flexibility index (Phi) is 5.10. The number of aromatic nitrogens is 2. The molecule has 1 rings (SSSR count). The first kappa shape index (κ1) is 14.1. The van der Waals surface area contributed by atoms with Gasteiger partial charge in [-0.1, -0.05) is 0 Å². The number of sulfonamides is 1. The van der Waals surface area contributed by atoms with E-state index in [9.17, 15) is 8.42 Å². The molecule has 98 valence electrons. The van der Waals surface area contributed by atoms with Gasteiger partial charge in [-0.3, -0.25) is 4.68 Å². The number of rotatable bonds is 7. The van der Waals surface area contributed by atoms with Crippen molar-refractivity contribution in [3.8, 4) is 0 Å². The number of nitrogens with zero attached hydrogens (tertiary/aromatic N) is 2. The van der Waals surface area contributed by atoms with E-state index in [2.05, 4.69) is 10.4 Å². The summed E-state index contributed by atoms with van der Waals surface area (Å²) in [4.78, 5) is 0. The van der Waals surface area contributed by atoms with E-state index in [1.165, 1.54) is 0 Å². The van der Waals surface area contributed by atoms with Crippen molar-refractivity contribution in [3.63, 3.8) is 0 Å². The van der Waals surface area contributed by atoms with Crippen LogP contribution in [-0.2, 0) is 16.6 Å². The Balaban J connectivity index is 2.20. The first-order valence-electron chi connectivity index (χ1n) is 5.60. The van der Waals surface area contributed by atoms with Gasteiger partial charge in [0.2, 0.25) is 10.0 Å². The molecule has 0 saturated carbocycles. The first-order chi connectivity index (χ1) is 7.87. The molecule has 1 aromatic rings. The van der Waals surface area contributed by atoms with Gasteiger partial charge in [-0.15, -0.1) is 0 Å². The van der Waals surface area contributed by atoms with Crippen LogP contribution in [0.1, 0.15) is 18.9 Å². The average Bonchev–Trinajstić information content (AvgIpc) is 2.57. The van der Waals surface area contributed by atoms with Crippen LogP contribution in [-0.4, -0.2) is 36.5 Å². The van der Waals surface area contributed by atoms with Crippen LogP contribution in [0.4, 0.5) is 0 Å². The predicted molar refractivity (Wildman–Crippen MR) is 67.0 cm³/mol. The van der Waals surface area contributed by atoms with E-state index in [-0.39, 0.29) is 11.8 Å². The smallest absolute Gasteiger partial charge is 0.209 e. The molecule has 0 bridgehead atoms. The predicted octanol–water partition coefficient (Wildman–Crippen LogP) is -0.152. The molecule has 0 amide bonds. The Hall–Kier alpha value is -0.920. The molecule has 3 N–H and O–H groups in total. The van der Waals surface area contributed by atoms with Crippen molar-refractivity contribution < 1.29 is 8.42 Å². The molecule has 0 unspecified atom stereocenters. The lowest BCUT2D eigenvalue weighted by Gasteiger charge is -2.13. The second-order valence-electron chi connectivity index (χ2n) is 4.32. The van der Waals surface area contributed by atoms with E-state index in [0.29, 0.717) is 13.0 Å². The fourth-order valence-electron chi connectivity index (χ4n) is 1.53. The monoisotopic (exact) mass is 260 g/mol. The highest BCUT2D eigenvalue weighted by Crippen LogP contribution is 1.96. The molecule has 0 aromatic carbocycles. The summed E-state index contributed by atoms with van der Waals surface area (Å²) in [5, 5.41) is 12.3. The molecule has 0 aliphatic carbocycles. The highest BCUT2D eigenvalue weighted by atomic mass is 32.2. The second-order valence-corrected chi connectivity index (χ2v) is 6.05. The maximum absolute atomic E-state index is 10.7. The number of hydrogen-bond acceptors (Lipinski definition) is 4. The zero-order valence-electron chi connectivity index (χ0n) is 10.3. The van der Waals surface area contributed by atoms with E-state index in [1.807, 2.05) is 30.9 Å².